The highest BCUT2D eigenvalue weighted by Crippen LogP contribution is 2.14. The van der Waals surface area contributed by atoms with E-state index in [1.54, 1.807) is 41.7 Å². The highest BCUT2D eigenvalue weighted by molar-refractivity contribution is 7.11. The van der Waals surface area contributed by atoms with Crippen molar-refractivity contribution >= 4 is 23.2 Å². The van der Waals surface area contributed by atoms with Gasteiger partial charge in [-0.05, 0) is 6.92 Å². The maximum Gasteiger partial charge on any atom is 0.241 e. The van der Waals surface area contributed by atoms with Crippen molar-refractivity contribution < 1.29 is 0 Å². The first-order chi connectivity index (χ1) is 10.2. The van der Waals surface area contributed by atoms with Crippen LogP contribution in [0.3, 0.4) is 0 Å². The molecule has 0 aliphatic heterocycles. The average molecular weight is 302 g/mol. The van der Waals surface area contributed by atoms with E-state index in [9.17, 15) is 0 Å². The zero-order chi connectivity index (χ0) is 14.7. The Hall–Kier alpha value is -2.55. The zero-order valence-electron chi connectivity index (χ0n) is 11.6. The number of hydrogen-bond acceptors (Lipinski definition) is 8. The summed E-state index contributed by atoms with van der Waals surface area (Å²) in [5, 5.41) is 7.08. The summed E-state index contributed by atoms with van der Waals surface area (Å²) in [6.07, 6.45) is 6.95. The molecule has 0 unspecified atom stereocenters. The van der Waals surface area contributed by atoms with Crippen LogP contribution in [0, 0.1) is 6.92 Å². The second kappa shape index (κ2) is 5.83. The summed E-state index contributed by atoms with van der Waals surface area (Å²) < 4.78 is 1.72. The van der Waals surface area contributed by atoms with Gasteiger partial charge in [0, 0.05) is 30.5 Å². The Morgan fingerprint density at radius 2 is 2.10 bits per heavy atom. The van der Waals surface area contributed by atoms with Crippen molar-refractivity contribution in [3.05, 3.63) is 34.8 Å². The summed E-state index contributed by atoms with van der Waals surface area (Å²) in [5.74, 6) is 1.49. The van der Waals surface area contributed by atoms with Gasteiger partial charge < -0.3 is 10.6 Å². The molecule has 0 radical (unpaired) electrons. The van der Waals surface area contributed by atoms with Crippen molar-refractivity contribution in [2.24, 2.45) is 0 Å². The smallest absolute Gasteiger partial charge is 0.241 e. The monoisotopic (exact) mass is 302 g/mol. The molecule has 0 spiro atoms. The van der Waals surface area contributed by atoms with Gasteiger partial charge in [0.15, 0.2) is 0 Å². The minimum Gasteiger partial charge on any atom is -0.357 e. The Bertz CT molecular complexity index is 721. The molecule has 0 bridgehead atoms. The number of rotatable bonds is 5. The fourth-order valence-corrected chi connectivity index (χ4v) is 2.41. The second-order valence-electron chi connectivity index (χ2n) is 4.22. The zero-order valence-corrected chi connectivity index (χ0v) is 12.4. The summed E-state index contributed by atoms with van der Waals surface area (Å²) in [6, 6.07) is 0. The largest absolute Gasteiger partial charge is 0.357 e. The van der Waals surface area contributed by atoms with E-state index < -0.39 is 0 Å². The van der Waals surface area contributed by atoms with Crippen LogP contribution in [0.5, 0.6) is 0 Å². The van der Waals surface area contributed by atoms with Crippen LogP contribution in [-0.4, -0.2) is 36.5 Å². The van der Waals surface area contributed by atoms with Crippen LogP contribution in [0.2, 0.25) is 0 Å². The number of hydrogen-bond donors (Lipinski definition) is 2. The van der Waals surface area contributed by atoms with E-state index in [0.29, 0.717) is 24.4 Å². The van der Waals surface area contributed by atoms with Crippen LogP contribution in [0.15, 0.2) is 24.9 Å². The van der Waals surface area contributed by atoms with Gasteiger partial charge in [-0.2, -0.15) is 15.0 Å². The van der Waals surface area contributed by atoms with Gasteiger partial charge in [-0.15, -0.1) is 11.3 Å². The molecule has 0 amide bonds. The van der Waals surface area contributed by atoms with Gasteiger partial charge in [0.1, 0.15) is 11.3 Å². The molecule has 0 saturated heterocycles. The molecule has 0 atom stereocenters. The van der Waals surface area contributed by atoms with Gasteiger partial charge in [0.2, 0.25) is 17.8 Å². The predicted molar refractivity (Wildman–Crippen MR) is 80.7 cm³/mol. The maximum absolute atomic E-state index is 4.37. The first-order valence-electron chi connectivity index (χ1n) is 6.32. The molecule has 0 aliphatic rings. The van der Waals surface area contributed by atoms with Crippen molar-refractivity contribution in [1.29, 1.82) is 0 Å². The molecule has 8 nitrogen and oxygen atoms in total. The second-order valence-corrected chi connectivity index (χ2v) is 5.54. The predicted octanol–water partition coefficient (Wildman–Crippen LogP) is 1.48. The van der Waals surface area contributed by atoms with Gasteiger partial charge in [0.05, 0.1) is 6.54 Å². The molecule has 3 heterocycles. The quantitative estimate of drug-likeness (QED) is 0.737. The SMILES string of the molecule is CNc1nc(NCc2ncc(C)s2)nc(-n2ccnc2)n1. The number of anilines is 2. The van der Waals surface area contributed by atoms with Crippen LogP contribution in [0.1, 0.15) is 9.88 Å². The van der Waals surface area contributed by atoms with Gasteiger partial charge in [-0.3, -0.25) is 4.57 Å². The molecule has 9 heteroatoms. The number of thiazole rings is 1. The summed E-state index contributed by atoms with van der Waals surface area (Å²) >= 11 is 1.64. The van der Waals surface area contributed by atoms with Gasteiger partial charge >= 0.3 is 0 Å². The van der Waals surface area contributed by atoms with E-state index in [1.807, 2.05) is 13.1 Å². The Morgan fingerprint density at radius 3 is 2.76 bits per heavy atom. The van der Waals surface area contributed by atoms with Gasteiger partial charge in [-0.1, -0.05) is 0 Å². The molecule has 0 saturated carbocycles. The van der Waals surface area contributed by atoms with E-state index >= 15 is 0 Å². The van der Waals surface area contributed by atoms with E-state index in [0.717, 1.165) is 5.01 Å². The number of aryl methyl sites for hydroxylation is 1. The molecule has 3 rings (SSSR count). The number of imidazole rings is 1. The molecule has 108 valence electrons. The maximum atomic E-state index is 4.37. The van der Waals surface area contributed by atoms with E-state index in [2.05, 4.69) is 35.6 Å². The summed E-state index contributed by atoms with van der Waals surface area (Å²) in [4.78, 5) is 22.4. The summed E-state index contributed by atoms with van der Waals surface area (Å²) in [7, 11) is 1.76. The lowest BCUT2D eigenvalue weighted by Gasteiger charge is -2.07. The van der Waals surface area contributed by atoms with Crippen molar-refractivity contribution in [2.45, 2.75) is 13.5 Å². The van der Waals surface area contributed by atoms with Crippen molar-refractivity contribution in [3.63, 3.8) is 0 Å². The number of aromatic nitrogens is 6. The number of nitrogens with zero attached hydrogens (tertiary/aromatic N) is 6. The molecule has 21 heavy (non-hydrogen) atoms. The fourth-order valence-electron chi connectivity index (χ4n) is 1.69. The first kappa shape index (κ1) is 13.4. The molecular formula is C12H14N8S. The fraction of sp³-hybridized carbons (Fsp3) is 0.250. The highest BCUT2D eigenvalue weighted by atomic mass is 32.1. The molecule has 0 aliphatic carbocycles. The Labute approximate surface area is 125 Å². The Balaban J connectivity index is 1.82. The third-order valence-electron chi connectivity index (χ3n) is 2.65. The van der Waals surface area contributed by atoms with Crippen LogP contribution >= 0.6 is 11.3 Å². The molecule has 2 N–H and O–H groups in total. The molecular weight excluding hydrogens is 288 g/mol. The molecule has 3 aromatic rings. The minimum absolute atomic E-state index is 0.492. The normalized spacial score (nSPS) is 10.6. The van der Waals surface area contributed by atoms with Crippen molar-refractivity contribution in [2.75, 3.05) is 17.7 Å². The van der Waals surface area contributed by atoms with E-state index in [4.69, 9.17) is 0 Å². The standard InChI is InChI=1S/C12H14N8S/c1-8-5-15-9(21-8)6-16-11-17-10(13-2)18-12(19-11)20-4-3-14-7-20/h3-5,7H,6H2,1-2H3,(H2,13,16,17,18,19). The Kier molecular flexibility index (Phi) is 3.73. The molecule has 0 aromatic carbocycles. The van der Waals surface area contributed by atoms with Crippen LogP contribution < -0.4 is 10.6 Å². The van der Waals surface area contributed by atoms with Crippen LogP contribution in [0.25, 0.3) is 5.95 Å². The summed E-state index contributed by atoms with van der Waals surface area (Å²) in [6.45, 7) is 2.61. The topological polar surface area (TPSA) is 93.4 Å². The lowest BCUT2D eigenvalue weighted by molar-refractivity contribution is 0.890. The highest BCUT2D eigenvalue weighted by Gasteiger charge is 2.07. The summed E-state index contributed by atoms with van der Waals surface area (Å²) in [5.41, 5.74) is 0. The van der Waals surface area contributed by atoms with Gasteiger partial charge in [0.25, 0.3) is 0 Å². The van der Waals surface area contributed by atoms with Crippen LogP contribution in [-0.2, 0) is 6.54 Å². The lowest BCUT2D eigenvalue weighted by Crippen LogP contribution is -2.10. The number of nitrogens with one attached hydrogen (secondary N) is 2. The van der Waals surface area contributed by atoms with Gasteiger partial charge in [-0.25, -0.2) is 9.97 Å². The molecule has 3 aromatic heterocycles. The average Bonchev–Trinajstić information content (AvgIpc) is 3.16. The third-order valence-corrected chi connectivity index (χ3v) is 3.56. The third kappa shape index (κ3) is 3.14. The minimum atomic E-state index is 0.492. The van der Waals surface area contributed by atoms with Crippen molar-refractivity contribution in [1.82, 2.24) is 29.5 Å². The van der Waals surface area contributed by atoms with E-state index in [-0.39, 0.29) is 0 Å². The lowest BCUT2D eigenvalue weighted by atomic mass is 10.6. The van der Waals surface area contributed by atoms with E-state index in [1.165, 1.54) is 4.88 Å². The van der Waals surface area contributed by atoms with Crippen LogP contribution in [0.4, 0.5) is 11.9 Å². The molecule has 0 fully saturated rings. The van der Waals surface area contributed by atoms with Crippen molar-refractivity contribution in [3.8, 4) is 5.95 Å². The first-order valence-corrected chi connectivity index (χ1v) is 7.13. The Morgan fingerprint density at radius 1 is 1.24 bits per heavy atom.